The predicted molar refractivity (Wildman–Crippen MR) is 84.8 cm³/mol. The van der Waals surface area contributed by atoms with Gasteiger partial charge in [0.05, 0.1) is 0 Å². The SMILES string of the molecule is CCn1c2ccccc2c2cc(C=C(C)C=O)ccc21. The van der Waals surface area contributed by atoms with Crippen molar-refractivity contribution in [2.75, 3.05) is 0 Å². The first-order chi connectivity index (χ1) is 9.74. The maximum Gasteiger partial charge on any atom is 0.145 e. The summed E-state index contributed by atoms with van der Waals surface area (Å²) in [5.41, 5.74) is 4.32. The fraction of sp³-hybridized carbons (Fsp3) is 0.167. The van der Waals surface area contributed by atoms with E-state index in [0.29, 0.717) is 0 Å². The molecule has 3 rings (SSSR count). The van der Waals surface area contributed by atoms with Crippen molar-refractivity contribution in [2.24, 2.45) is 0 Å². The Morgan fingerprint density at radius 2 is 1.85 bits per heavy atom. The van der Waals surface area contributed by atoms with Crippen molar-refractivity contribution in [3.05, 3.63) is 53.6 Å². The molecule has 0 saturated heterocycles. The average molecular weight is 263 g/mol. The molecule has 0 amide bonds. The number of rotatable bonds is 3. The molecule has 20 heavy (non-hydrogen) atoms. The first kappa shape index (κ1) is 12.7. The van der Waals surface area contributed by atoms with Gasteiger partial charge in [-0.3, -0.25) is 4.79 Å². The van der Waals surface area contributed by atoms with E-state index in [1.54, 1.807) is 0 Å². The van der Waals surface area contributed by atoms with Gasteiger partial charge in [0.15, 0.2) is 0 Å². The standard InChI is InChI=1S/C18H17NO/c1-3-19-17-7-5-4-6-15(17)16-11-14(8-9-18(16)19)10-13(2)12-20/h4-12H,3H2,1-2H3. The molecule has 0 aliphatic carbocycles. The van der Waals surface area contributed by atoms with Crippen molar-refractivity contribution in [3.8, 4) is 0 Å². The molecule has 0 atom stereocenters. The van der Waals surface area contributed by atoms with Crippen LogP contribution in [-0.2, 0) is 11.3 Å². The van der Waals surface area contributed by atoms with Crippen LogP contribution in [0.1, 0.15) is 19.4 Å². The first-order valence-electron chi connectivity index (χ1n) is 6.89. The second kappa shape index (κ2) is 4.97. The number of hydrogen-bond donors (Lipinski definition) is 0. The van der Waals surface area contributed by atoms with E-state index in [2.05, 4.69) is 54.0 Å². The van der Waals surface area contributed by atoms with Gasteiger partial charge in [-0.15, -0.1) is 0 Å². The minimum Gasteiger partial charge on any atom is -0.341 e. The topological polar surface area (TPSA) is 22.0 Å². The van der Waals surface area contributed by atoms with Crippen LogP contribution in [0.15, 0.2) is 48.0 Å². The molecule has 3 aromatic rings. The van der Waals surface area contributed by atoms with Crippen LogP contribution in [0.4, 0.5) is 0 Å². The number of aryl methyl sites for hydroxylation is 1. The molecule has 1 aromatic heterocycles. The number of fused-ring (bicyclic) bond motifs is 3. The monoisotopic (exact) mass is 263 g/mol. The summed E-state index contributed by atoms with van der Waals surface area (Å²) in [4.78, 5) is 10.8. The van der Waals surface area contributed by atoms with Crippen LogP contribution in [0.2, 0.25) is 0 Å². The molecule has 0 radical (unpaired) electrons. The predicted octanol–water partition coefficient (Wildman–Crippen LogP) is 4.42. The van der Waals surface area contributed by atoms with E-state index >= 15 is 0 Å². The molecule has 0 N–H and O–H groups in total. The highest BCUT2D eigenvalue weighted by molar-refractivity contribution is 6.08. The van der Waals surface area contributed by atoms with Gasteiger partial charge in [-0.2, -0.15) is 0 Å². The molecular weight excluding hydrogens is 246 g/mol. The quantitative estimate of drug-likeness (QED) is 0.506. The first-order valence-corrected chi connectivity index (χ1v) is 6.89. The van der Waals surface area contributed by atoms with Crippen molar-refractivity contribution >= 4 is 34.2 Å². The summed E-state index contributed by atoms with van der Waals surface area (Å²) >= 11 is 0. The summed E-state index contributed by atoms with van der Waals surface area (Å²) in [6.07, 6.45) is 2.81. The highest BCUT2D eigenvalue weighted by Gasteiger charge is 2.08. The third-order valence-corrected chi connectivity index (χ3v) is 3.69. The Labute approximate surface area is 118 Å². The van der Waals surface area contributed by atoms with Gasteiger partial charge in [-0.25, -0.2) is 0 Å². The summed E-state index contributed by atoms with van der Waals surface area (Å²) in [6.45, 7) is 4.94. The third kappa shape index (κ3) is 1.94. The van der Waals surface area contributed by atoms with E-state index in [4.69, 9.17) is 0 Å². The van der Waals surface area contributed by atoms with E-state index in [1.165, 1.54) is 21.8 Å². The van der Waals surface area contributed by atoms with E-state index in [1.807, 2.05) is 13.0 Å². The van der Waals surface area contributed by atoms with Crippen molar-refractivity contribution < 1.29 is 4.79 Å². The number of aldehydes is 1. The van der Waals surface area contributed by atoms with Crippen LogP contribution in [0.25, 0.3) is 27.9 Å². The maximum absolute atomic E-state index is 10.8. The molecule has 0 spiro atoms. The van der Waals surface area contributed by atoms with E-state index in [-0.39, 0.29) is 0 Å². The van der Waals surface area contributed by atoms with Gasteiger partial charge in [0.1, 0.15) is 6.29 Å². The fourth-order valence-corrected chi connectivity index (χ4v) is 2.80. The largest absolute Gasteiger partial charge is 0.341 e. The zero-order chi connectivity index (χ0) is 14.1. The lowest BCUT2D eigenvalue weighted by Gasteiger charge is -2.02. The number of allylic oxidation sites excluding steroid dienone is 1. The van der Waals surface area contributed by atoms with Gasteiger partial charge in [0, 0.05) is 28.4 Å². The Hall–Kier alpha value is -2.35. The highest BCUT2D eigenvalue weighted by atomic mass is 16.1. The van der Waals surface area contributed by atoms with Crippen LogP contribution in [0.5, 0.6) is 0 Å². The van der Waals surface area contributed by atoms with Gasteiger partial charge in [-0.05, 0) is 49.3 Å². The Bertz CT molecular complexity index is 824. The fourth-order valence-electron chi connectivity index (χ4n) is 2.80. The number of benzene rings is 2. The second-order valence-electron chi connectivity index (χ2n) is 5.04. The third-order valence-electron chi connectivity index (χ3n) is 3.69. The summed E-state index contributed by atoms with van der Waals surface area (Å²) in [7, 11) is 0. The zero-order valence-electron chi connectivity index (χ0n) is 11.8. The zero-order valence-corrected chi connectivity index (χ0v) is 11.8. The van der Waals surface area contributed by atoms with Gasteiger partial charge < -0.3 is 4.57 Å². The molecule has 0 fully saturated rings. The van der Waals surface area contributed by atoms with E-state index in [0.717, 1.165) is 24.0 Å². The lowest BCUT2D eigenvalue weighted by molar-refractivity contribution is -0.104. The van der Waals surface area contributed by atoms with Crippen LogP contribution in [-0.4, -0.2) is 10.9 Å². The maximum atomic E-state index is 10.8. The molecule has 0 saturated carbocycles. The van der Waals surface area contributed by atoms with E-state index in [9.17, 15) is 4.79 Å². The van der Waals surface area contributed by atoms with Gasteiger partial charge >= 0.3 is 0 Å². The molecule has 2 nitrogen and oxygen atoms in total. The molecule has 0 aliphatic heterocycles. The summed E-state index contributed by atoms with van der Waals surface area (Å²) in [5, 5.41) is 2.51. The van der Waals surface area contributed by atoms with Crippen molar-refractivity contribution in [1.29, 1.82) is 0 Å². The second-order valence-corrected chi connectivity index (χ2v) is 5.04. The lowest BCUT2D eigenvalue weighted by atomic mass is 10.1. The van der Waals surface area contributed by atoms with Gasteiger partial charge in [0.25, 0.3) is 0 Å². The van der Waals surface area contributed by atoms with Crippen LogP contribution in [0, 0.1) is 0 Å². The Balaban J connectivity index is 2.34. The normalized spacial score (nSPS) is 12.2. The molecule has 100 valence electrons. The molecule has 0 unspecified atom stereocenters. The number of nitrogens with zero attached hydrogens (tertiary/aromatic N) is 1. The minimum absolute atomic E-state index is 0.739. The minimum atomic E-state index is 0.739. The molecule has 0 bridgehead atoms. The van der Waals surface area contributed by atoms with E-state index < -0.39 is 0 Å². The van der Waals surface area contributed by atoms with Crippen molar-refractivity contribution in [1.82, 2.24) is 4.57 Å². The lowest BCUT2D eigenvalue weighted by Crippen LogP contribution is -1.92. The number of aromatic nitrogens is 1. The Morgan fingerprint density at radius 1 is 1.10 bits per heavy atom. The highest BCUT2D eigenvalue weighted by Crippen LogP contribution is 2.30. The molecule has 1 heterocycles. The van der Waals surface area contributed by atoms with Crippen LogP contribution in [0.3, 0.4) is 0 Å². The van der Waals surface area contributed by atoms with Crippen molar-refractivity contribution in [3.63, 3.8) is 0 Å². The van der Waals surface area contributed by atoms with Crippen molar-refractivity contribution in [2.45, 2.75) is 20.4 Å². The summed E-state index contributed by atoms with van der Waals surface area (Å²) < 4.78 is 2.32. The smallest absolute Gasteiger partial charge is 0.145 e. The van der Waals surface area contributed by atoms with Gasteiger partial charge in [0.2, 0.25) is 0 Å². The number of carbonyl (C=O) groups excluding carboxylic acids is 1. The number of para-hydroxylation sites is 1. The molecule has 0 aliphatic rings. The number of carbonyl (C=O) groups is 1. The van der Waals surface area contributed by atoms with Crippen LogP contribution >= 0.6 is 0 Å². The summed E-state index contributed by atoms with van der Waals surface area (Å²) in [5.74, 6) is 0. The Kier molecular flexibility index (Phi) is 3.15. The number of hydrogen-bond acceptors (Lipinski definition) is 1. The molecular formula is C18H17NO. The molecule has 2 heteroatoms. The molecule has 2 aromatic carbocycles. The Morgan fingerprint density at radius 3 is 2.60 bits per heavy atom. The van der Waals surface area contributed by atoms with Gasteiger partial charge in [-0.1, -0.05) is 24.3 Å². The van der Waals surface area contributed by atoms with Crippen LogP contribution < -0.4 is 0 Å². The summed E-state index contributed by atoms with van der Waals surface area (Å²) in [6, 6.07) is 14.8. The average Bonchev–Trinajstić information content (AvgIpc) is 2.80.